The summed E-state index contributed by atoms with van der Waals surface area (Å²) in [4.78, 5) is 4.01. The highest BCUT2D eigenvalue weighted by Crippen LogP contribution is 2.18. The lowest BCUT2D eigenvalue weighted by molar-refractivity contribution is 1.36. The van der Waals surface area contributed by atoms with Crippen LogP contribution in [0.25, 0.3) is 10.8 Å². The van der Waals surface area contributed by atoms with Gasteiger partial charge in [0.25, 0.3) is 0 Å². The van der Waals surface area contributed by atoms with E-state index < -0.39 is 0 Å². The molecule has 1 heterocycles. The number of hydrogen-bond donors (Lipinski definition) is 0. The molecule has 0 atom stereocenters. The summed E-state index contributed by atoms with van der Waals surface area (Å²) in [6, 6.07) is 8.13. The van der Waals surface area contributed by atoms with Gasteiger partial charge in [-0.1, -0.05) is 35.3 Å². The second-order valence-electron chi connectivity index (χ2n) is 2.83. The standard InChI is InChI=1S/C9H7BClN/c10-7-2-1-6-3-4-12-9(11)8(6)5-7/h1-5H,10H2. The molecule has 1 aromatic carbocycles. The van der Waals surface area contributed by atoms with Gasteiger partial charge in [0, 0.05) is 11.6 Å². The minimum absolute atomic E-state index is 0.580. The van der Waals surface area contributed by atoms with E-state index in [1.807, 2.05) is 20.0 Å². The molecule has 1 nitrogen and oxygen atoms in total. The zero-order chi connectivity index (χ0) is 8.55. The molecule has 12 heavy (non-hydrogen) atoms. The zero-order valence-electron chi connectivity index (χ0n) is 6.71. The zero-order valence-corrected chi connectivity index (χ0v) is 7.47. The van der Waals surface area contributed by atoms with Crippen molar-refractivity contribution in [2.24, 2.45) is 0 Å². The Labute approximate surface area is 76.8 Å². The minimum atomic E-state index is 0.580. The van der Waals surface area contributed by atoms with Crippen molar-refractivity contribution in [1.82, 2.24) is 4.98 Å². The van der Waals surface area contributed by atoms with E-state index in [4.69, 9.17) is 11.6 Å². The number of hydrogen-bond acceptors (Lipinski definition) is 1. The Hall–Kier alpha value is -1.02. The molecule has 0 aliphatic rings. The van der Waals surface area contributed by atoms with E-state index in [9.17, 15) is 0 Å². The molecule has 0 saturated carbocycles. The summed E-state index contributed by atoms with van der Waals surface area (Å²) < 4.78 is 0. The highest BCUT2D eigenvalue weighted by atomic mass is 35.5. The maximum Gasteiger partial charge on any atom is 0.139 e. The summed E-state index contributed by atoms with van der Waals surface area (Å²) in [5.41, 5.74) is 1.21. The second-order valence-corrected chi connectivity index (χ2v) is 3.18. The van der Waals surface area contributed by atoms with Gasteiger partial charge in [-0.2, -0.15) is 0 Å². The molecule has 2 rings (SSSR count). The fourth-order valence-electron chi connectivity index (χ4n) is 1.25. The van der Waals surface area contributed by atoms with Gasteiger partial charge in [-0.15, -0.1) is 0 Å². The van der Waals surface area contributed by atoms with Gasteiger partial charge >= 0.3 is 0 Å². The van der Waals surface area contributed by atoms with E-state index in [2.05, 4.69) is 17.1 Å². The molecule has 2 aromatic rings. The number of benzene rings is 1. The van der Waals surface area contributed by atoms with Crippen molar-refractivity contribution in [2.75, 3.05) is 0 Å². The molecular formula is C9H7BClN. The molecule has 0 fully saturated rings. The summed E-state index contributed by atoms with van der Waals surface area (Å²) in [6.45, 7) is 0. The van der Waals surface area contributed by atoms with Crippen LogP contribution in [0.15, 0.2) is 30.5 Å². The van der Waals surface area contributed by atoms with Crippen LogP contribution in [-0.2, 0) is 0 Å². The first-order valence-corrected chi connectivity index (χ1v) is 4.16. The van der Waals surface area contributed by atoms with Crippen molar-refractivity contribution < 1.29 is 0 Å². The lowest BCUT2D eigenvalue weighted by Crippen LogP contribution is -1.99. The molecular weight excluding hydrogens is 168 g/mol. The largest absolute Gasteiger partial charge is 0.244 e. The molecule has 0 N–H and O–H groups in total. The Morgan fingerprint density at radius 2 is 2.08 bits per heavy atom. The van der Waals surface area contributed by atoms with E-state index >= 15 is 0 Å². The van der Waals surface area contributed by atoms with E-state index in [0.717, 1.165) is 10.8 Å². The van der Waals surface area contributed by atoms with Crippen LogP contribution in [0, 0.1) is 0 Å². The third-order valence-corrected chi connectivity index (χ3v) is 2.17. The van der Waals surface area contributed by atoms with Gasteiger partial charge in [0.15, 0.2) is 0 Å². The maximum atomic E-state index is 5.92. The molecule has 0 aliphatic heterocycles. The number of halogens is 1. The van der Waals surface area contributed by atoms with Gasteiger partial charge in [0.05, 0.1) is 0 Å². The predicted molar refractivity (Wildman–Crippen MR) is 54.9 cm³/mol. The molecule has 0 bridgehead atoms. The molecule has 58 valence electrons. The number of nitrogens with zero attached hydrogens (tertiary/aromatic N) is 1. The van der Waals surface area contributed by atoms with Crippen LogP contribution in [0.5, 0.6) is 0 Å². The monoisotopic (exact) mass is 175 g/mol. The van der Waals surface area contributed by atoms with Crippen LogP contribution in [0.4, 0.5) is 0 Å². The molecule has 0 saturated heterocycles. The van der Waals surface area contributed by atoms with Gasteiger partial charge in [-0.25, -0.2) is 4.98 Å². The number of aromatic nitrogens is 1. The topological polar surface area (TPSA) is 12.9 Å². The van der Waals surface area contributed by atoms with Gasteiger partial charge < -0.3 is 0 Å². The maximum absolute atomic E-state index is 5.92. The van der Waals surface area contributed by atoms with Crippen molar-refractivity contribution in [3.05, 3.63) is 35.6 Å². The highest BCUT2D eigenvalue weighted by Gasteiger charge is 1.97. The van der Waals surface area contributed by atoms with Crippen molar-refractivity contribution in [3.8, 4) is 0 Å². The summed E-state index contributed by atoms with van der Waals surface area (Å²) >= 11 is 5.92. The summed E-state index contributed by atoms with van der Waals surface area (Å²) in [6.07, 6.45) is 1.72. The van der Waals surface area contributed by atoms with Crippen LogP contribution >= 0.6 is 11.6 Å². The van der Waals surface area contributed by atoms with E-state index in [0.29, 0.717) is 5.15 Å². The first-order chi connectivity index (χ1) is 5.77. The third kappa shape index (κ3) is 1.19. The molecule has 0 radical (unpaired) electrons. The quantitative estimate of drug-likeness (QED) is 0.432. The van der Waals surface area contributed by atoms with Crippen molar-refractivity contribution in [1.29, 1.82) is 0 Å². The predicted octanol–water partition coefficient (Wildman–Crippen LogP) is 1.15. The van der Waals surface area contributed by atoms with Crippen LogP contribution in [0.3, 0.4) is 0 Å². The van der Waals surface area contributed by atoms with Crippen molar-refractivity contribution in [2.45, 2.75) is 0 Å². The Morgan fingerprint density at radius 3 is 2.92 bits per heavy atom. The summed E-state index contributed by atoms with van der Waals surface area (Å²) in [5, 5.41) is 2.75. The normalized spacial score (nSPS) is 10.4. The SMILES string of the molecule is Bc1ccc2ccnc(Cl)c2c1. The first kappa shape index (κ1) is 7.62. The van der Waals surface area contributed by atoms with Crippen LogP contribution in [-0.4, -0.2) is 12.8 Å². The third-order valence-electron chi connectivity index (χ3n) is 1.87. The fraction of sp³-hybridized carbons (Fsp3) is 0. The van der Waals surface area contributed by atoms with E-state index in [1.54, 1.807) is 6.20 Å². The average Bonchev–Trinajstić information content (AvgIpc) is 2.07. The molecule has 0 spiro atoms. The van der Waals surface area contributed by atoms with Crippen LogP contribution < -0.4 is 5.46 Å². The number of pyridine rings is 1. The van der Waals surface area contributed by atoms with Gasteiger partial charge in [-0.3, -0.25) is 0 Å². The first-order valence-electron chi connectivity index (χ1n) is 3.78. The lowest BCUT2D eigenvalue weighted by Gasteiger charge is -1.99. The lowest BCUT2D eigenvalue weighted by atomic mass is 9.94. The average molecular weight is 175 g/mol. The second kappa shape index (κ2) is 2.79. The number of fused-ring (bicyclic) bond motifs is 1. The smallest absolute Gasteiger partial charge is 0.139 e. The molecule has 0 aliphatic carbocycles. The molecule has 3 heteroatoms. The highest BCUT2D eigenvalue weighted by molar-refractivity contribution is 6.36. The minimum Gasteiger partial charge on any atom is -0.244 e. The molecule has 1 aromatic heterocycles. The number of rotatable bonds is 0. The van der Waals surface area contributed by atoms with Crippen LogP contribution in [0.1, 0.15) is 0 Å². The van der Waals surface area contributed by atoms with Crippen LogP contribution in [0.2, 0.25) is 5.15 Å². The summed E-state index contributed by atoms with van der Waals surface area (Å²) in [7, 11) is 2.04. The van der Waals surface area contributed by atoms with Crippen molar-refractivity contribution in [3.63, 3.8) is 0 Å². The van der Waals surface area contributed by atoms with E-state index in [-0.39, 0.29) is 0 Å². The molecule has 0 unspecified atom stereocenters. The Kier molecular flexibility index (Phi) is 1.78. The van der Waals surface area contributed by atoms with E-state index in [1.165, 1.54) is 5.46 Å². The van der Waals surface area contributed by atoms with Gasteiger partial charge in [-0.05, 0) is 11.5 Å². The Bertz CT molecular complexity index is 428. The Morgan fingerprint density at radius 1 is 1.25 bits per heavy atom. The fourth-order valence-corrected chi connectivity index (χ4v) is 1.47. The van der Waals surface area contributed by atoms with Gasteiger partial charge in [0.1, 0.15) is 13.0 Å². The van der Waals surface area contributed by atoms with Gasteiger partial charge in [0.2, 0.25) is 0 Å². The molecule has 0 amide bonds. The Balaban J connectivity index is 2.88. The summed E-state index contributed by atoms with van der Waals surface area (Å²) in [5.74, 6) is 0. The van der Waals surface area contributed by atoms with Crippen molar-refractivity contribution >= 4 is 35.7 Å².